The van der Waals surface area contributed by atoms with Crippen molar-refractivity contribution in [2.75, 3.05) is 4.90 Å². The molecule has 0 N–H and O–H groups in total. The van der Waals surface area contributed by atoms with Crippen molar-refractivity contribution in [2.45, 2.75) is 0 Å². The molecule has 0 radical (unpaired) electrons. The molecule has 3 heteroatoms. The van der Waals surface area contributed by atoms with E-state index in [2.05, 4.69) is 162 Å². The highest BCUT2D eigenvalue weighted by Crippen LogP contribution is 2.40. The number of anilines is 3. The Morgan fingerprint density at radius 1 is 0.511 bits per heavy atom. The van der Waals surface area contributed by atoms with E-state index in [-0.39, 0.29) is 0 Å². The molecule has 0 aliphatic heterocycles. The van der Waals surface area contributed by atoms with Crippen LogP contribution in [0.25, 0.3) is 61.2 Å². The van der Waals surface area contributed by atoms with Gasteiger partial charge in [0.1, 0.15) is 11.3 Å². The van der Waals surface area contributed by atoms with Crippen LogP contribution in [0.1, 0.15) is 11.3 Å². The third-order valence-corrected chi connectivity index (χ3v) is 9.11. The highest BCUT2D eigenvalue weighted by molar-refractivity contribution is 6.09. The zero-order valence-electron chi connectivity index (χ0n) is 25.7. The molecule has 1 aliphatic carbocycles. The van der Waals surface area contributed by atoms with Crippen molar-refractivity contribution >= 4 is 61.5 Å². The van der Waals surface area contributed by atoms with Crippen molar-refractivity contribution < 1.29 is 4.42 Å². The van der Waals surface area contributed by atoms with Crippen LogP contribution in [0.5, 0.6) is 0 Å². The van der Waals surface area contributed by atoms with Gasteiger partial charge in [-0.1, -0.05) is 110 Å². The van der Waals surface area contributed by atoms with Crippen molar-refractivity contribution in [1.82, 2.24) is 4.57 Å². The third-order valence-electron chi connectivity index (χ3n) is 9.11. The lowest BCUT2D eigenvalue weighted by molar-refractivity contribution is 0.600. The maximum Gasteiger partial charge on any atom is 0.142 e. The Morgan fingerprint density at radius 2 is 1.09 bits per heavy atom. The first-order valence-corrected chi connectivity index (χ1v) is 15.9. The van der Waals surface area contributed by atoms with Gasteiger partial charge >= 0.3 is 0 Å². The Morgan fingerprint density at radius 3 is 1.79 bits per heavy atom. The molecule has 0 spiro atoms. The third kappa shape index (κ3) is 4.52. The molecular formula is C44H30N2O. The lowest BCUT2D eigenvalue weighted by atomic mass is 10.0. The molecule has 222 valence electrons. The summed E-state index contributed by atoms with van der Waals surface area (Å²) in [7, 11) is 0. The summed E-state index contributed by atoms with van der Waals surface area (Å²) in [5, 5.41) is 3.62. The maximum atomic E-state index is 6.38. The maximum absolute atomic E-state index is 6.38. The van der Waals surface area contributed by atoms with Crippen LogP contribution in [-0.4, -0.2) is 4.57 Å². The minimum atomic E-state index is 0.821. The van der Waals surface area contributed by atoms with Gasteiger partial charge in [-0.05, 0) is 71.8 Å². The number of furan rings is 1. The summed E-state index contributed by atoms with van der Waals surface area (Å²) in [5.41, 5.74) is 11.9. The van der Waals surface area contributed by atoms with E-state index in [0.29, 0.717) is 0 Å². The van der Waals surface area contributed by atoms with E-state index in [1.807, 2.05) is 24.3 Å². The van der Waals surface area contributed by atoms with Crippen molar-refractivity contribution in [3.8, 4) is 16.8 Å². The molecule has 6 aromatic carbocycles. The highest BCUT2D eigenvalue weighted by atomic mass is 16.3. The zero-order chi connectivity index (χ0) is 31.3. The minimum Gasteiger partial charge on any atom is -0.455 e. The van der Waals surface area contributed by atoms with E-state index < -0.39 is 0 Å². The van der Waals surface area contributed by atoms with Crippen LogP contribution in [0.3, 0.4) is 0 Å². The van der Waals surface area contributed by atoms with Crippen LogP contribution < -0.4 is 4.90 Å². The summed E-state index contributed by atoms with van der Waals surface area (Å²) >= 11 is 0. The smallest absolute Gasteiger partial charge is 0.142 e. The molecule has 8 aromatic rings. The van der Waals surface area contributed by atoms with Gasteiger partial charge in [-0.25, -0.2) is 0 Å². The first kappa shape index (κ1) is 27.0. The lowest BCUT2D eigenvalue weighted by Gasteiger charge is -2.25. The van der Waals surface area contributed by atoms with E-state index in [4.69, 9.17) is 4.42 Å². The minimum absolute atomic E-state index is 0.821. The number of rotatable bonds is 5. The first-order valence-electron chi connectivity index (χ1n) is 15.9. The topological polar surface area (TPSA) is 21.3 Å². The molecule has 2 aromatic heterocycles. The van der Waals surface area contributed by atoms with Crippen LogP contribution in [0.15, 0.2) is 175 Å². The number of para-hydroxylation sites is 3. The molecule has 0 amide bonds. The van der Waals surface area contributed by atoms with Gasteiger partial charge in [-0.15, -0.1) is 0 Å². The molecule has 1 aliphatic rings. The van der Waals surface area contributed by atoms with E-state index in [1.165, 1.54) is 32.9 Å². The molecule has 2 heterocycles. The molecule has 0 unspecified atom stereocenters. The fraction of sp³-hybridized carbons (Fsp3) is 0. The number of hydrogen-bond acceptors (Lipinski definition) is 2. The predicted molar refractivity (Wildman–Crippen MR) is 198 cm³/mol. The fourth-order valence-electron chi connectivity index (χ4n) is 6.88. The van der Waals surface area contributed by atoms with Crippen LogP contribution in [-0.2, 0) is 0 Å². The normalized spacial score (nSPS) is 12.6. The van der Waals surface area contributed by atoms with Crippen molar-refractivity contribution in [3.05, 3.63) is 182 Å². The Balaban J connectivity index is 1.07. The van der Waals surface area contributed by atoms with Gasteiger partial charge in [0.25, 0.3) is 0 Å². The summed E-state index contributed by atoms with van der Waals surface area (Å²) in [6, 6.07) is 51.8. The van der Waals surface area contributed by atoms with Gasteiger partial charge in [-0.2, -0.15) is 0 Å². The second kappa shape index (κ2) is 10.9. The summed E-state index contributed by atoms with van der Waals surface area (Å²) in [6.07, 6.45) is 8.12. The summed E-state index contributed by atoms with van der Waals surface area (Å²) < 4.78 is 8.73. The summed E-state index contributed by atoms with van der Waals surface area (Å²) in [4.78, 5) is 2.27. The Labute approximate surface area is 273 Å². The van der Waals surface area contributed by atoms with E-state index in [9.17, 15) is 0 Å². The Hall–Kier alpha value is -6.32. The lowest BCUT2D eigenvalue weighted by Crippen LogP contribution is -2.09. The van der Waals surface area contributed by atoms with Crippen LogP contribution in [0, 0.1) is 0 Å². The molecule has 0 fully saturated rings. The van der Waals surface area contributed by atoms with Gasteiger partial charge in [0.2, 0.25) is 0 Å². The molecule has 47 heavy (non-hydrogen) atoms. The van der Waals surface area contributed by atoms with Crippen LogP contribution in [0.2, 0.25) is 0 Å². The van der Waals surface area contributed by atoms with Crippen molar-refractivity contribution in [1.29, 1.82) is 0 Å². The molecule has 0 saturated carbocycles. The van der Waals surface area contributed by atoms with Crippen LogP contribution >= 0.6 is 0 Å². The van der Waals surface area contributed by atoms with Crippen LogP contribution in [0.4, 0.5) is 17.1 Å². The van der Waals surface area contributed by atoms with Gasteiger partial charge in [0.15, 0.2) is 0 Å². The largest absolute Gasteiger partial charge is 0.455 e. The highest BCUT2D eigenvalue weighted by Gasteiger charge is 2.19. The SMILES string of the molecule is C=C1C=CC=Cc2c1oc1cc(N(c3ccccc3)c3ccc(-c4ccc(-n5c6ccccc6c6ccccc65)cc4)cc3)ccc21. The number of hydrogen-bond donors (Lipinski definition) is 0. The summed E-state index contributed by atoms with van der Waals surface area (Å²) in [5.74, 6) is 0.821. The molecule has 0 bridgehead atoms. The Kier molecular flexibility index (Phi) is 6.29. The molecule has 0 saturated heterocycles. The number of benzene rings is 6. The van der Waals surface area contributed by atoms with Gasteiger partial charge < -0.3 is 13.9 Å². The Bertz CT molecular complexity index is 2460. The average molecular weight is 603 g/mol. The second-order valence-electron chi connectivity index (χ2n) is 11.9. The number of aromatic nitrogens is 1. The number of nitrogens with zero attached hydrogens (tertiary/aromatic N) is 2. The summed E-state index contributed by atoms with van der Waals surface area (Å²) in [6.45, 7) is 4.21. The number of fused-ring (bicyclic) bond motifs is 6. The fourth-order valence-corrected chi connectivity index (χ4v) is 6.88. The molecular weight excluding hydrogens is 572 g/mol. The first-order chi connectivity index (χ1) is 23.2. The average Bonchev–Trinajstić information content (AvgIpc) is 3.60. The number of allylic oxidation sites excluding steroid dienone is 4. The van der Waals surface area contributed by atoms with Gasteiger partial charge in [-0.3, -0.25) is 0 Å². The van der Waals surface area contributed by atoms with Crippen molar-refractivity contribution in [2.24, 2.45) is 0 Å². The predicted octanol–water partition coefficient (Wildman–Crippen LogP) is 12.3. The van der Waals surface area contributed by atoms with Crippen molar-refractivity contribution in [3.63, 3.8) is 0 Å². The molecule has 9 rings (SSSR count). The monoisotopic (exact) mass is 602 g/mol. The van der Waals surface area contributed by atoms with E-state index >= 15 is 0 Å². The van der Waals surface area contributed by atoms with Gasteiger partial charge in [0.05, 0.1) is 11.0 Å². The van der Waals surface area contributed by atoms with E-state index in [1.54, 1.807) is 0 Å². The standard InChI is InChI=1S/C44H30N2O/c1-30-11-5-6-16-40-39-28-27-36(29-43(39)47-44(30)40)45(33-12-3-2-4-13-33)34-23-19-31(20-24-34)32-21-25-35(26-22-32)46-41-17-9-7-14-37(41)38-15-8-10-18-42(38)46/h2-29H,1H2. The second-order valence-corrected chi connectivity index (χ2v) is 11.9. The quantitative estimate of drug-likeness (QED) is 0.195. The van der Waals surface area contributed by atoms with Gasteiger partial charge in [0, 0.05) is 56.1 Å². The zero-order valence-corrected chi connectivity index (χ0v) is 25.7. The molecule has 3 nitrogen and oxygen atoms in total. The molecule has 0 atom stereocenters. The van der Waals surface area contributed by atoms with E-state index in [0.717, 1.165) is 50.6 Å².